The molecule has 0 radical (unpaired) electrons. The van der Waals surface area contributed by atoms with Crippen LogP contribution in [0.25, 0.3) is 0 Å². The monoisotopic (exact) mass is 255 g/mol. The number of hydrogen-bond donors (Lipinski definition) is 0. The number of benzene rings is 1. The molecule has 16 heavy (non-hydrogen) atoms. The molecule has 0 fully saturated rings. The van der Waals surface area contributed by atoms with Crippen LogP contribution in [0, 0.1) is 0 Å². The van der Waals surface area contributed by atoms with Crippen molar-refractivity contribution < 1.29 is 9.59 Å². The molecule has 0 aromatic heterocycles. The number of rotatable bonds is 3. The van der Waals surface area contributed by atoms with Crippen molar-refractivity contribution in [2.45, 2.75) is 0 Å². The molecule has 0 spiro atoms. The molecule has 5 heteroatoms. The summed E-state index contributed by atoms with van der Waals surface area (Å²) >= 11 is 7.65. The molecular weight excluding hydrogens is 246 g/mol. The fourth-order valence-electron chi connectivity index (χ4n) is 1.71. The van der Waals surface area contributed by atoms with E-state index in [1.54, 1.807) is 30.0 Å². The van der Waals surface area contributed by atoms with Gasteiger partial charge in [-0.05, 0) is 18.4 Å². The molecule has 3 nitrogen and oxygen atoms in total. The van der Waals surface area contributed by atoms with E-state index in [4.69, 9.17) is 11.6 Å². The lowest BCUT2D eigenvalue weighted by Crippen LogP contribution is -2.31. The number of fused-ring (bicyclic) bond motifs is 1. The summed E-state index contributed by atoms with van der Waals surface area (Å²) in [6.07, 6.45) is 1.95. The summed E-state index contributed by atoms with van der Waals surface area (Å²) in [5.74, 6) is -0.153. The SMILES string of the molecule is CSCCN1C(=O)C(=O)c2cccc(Cl)c21. The molecule has 1 aromatic rings. The number of halogens is 1. The van der Waals surface area contributed by atoms with Crippen LogP contribution in [0.2, 0.25) is 5.02 Å². The van der Waals surface area contributed by atoms with Crippen molar-refractivity contribution in [3.8, 4) is 0 Å². The number of hydrogen-bond acceptors (Lipinski definition) is 3. The molecule has 0 saturated heterocycles. The number of Topliss-reactive ketones (excluding diaryl/α,β-unsaturated/α-hetero) is 1. The van der Waals surface area contributed by atoms with Crippen LogP contribution in [-0.2, 0) is 4.79 Å². The van der Waals surface area contributed by atoms with E-state index in [1.807, 2.05) is 6.26 Å². The van der Waals surface area contributed by atoms with E-state index < -0.39 is 11.7 Å². The third-order valence-corrected chi connectivity index (χ3v) is 3.36. The number of thioether (sulfide) groups is 1. The van der Waals surface area contributed by atoms with Crippen molar-refractivity contribution in [3.63, 3.8) is 0 Å². The average Bonchev–Trinajstić information content (AvgIpc) is 2.52. The van der Waals surface area contributed by atoms with Crippen molar-refractivity contribution in [3.05, 3.63) is 28.8 Å². The van der Waals surface area contributed by atoms with Gasteiger partial charge in [-0.2, -0.15) is 11.8 Å². The molecule has 84 valence electrons. The third-order valence-electron chi connectivity index (χ3n) is 2.46. The van der Waals surface area contributed by atoms with Gasteiger partial charge in [0.05, 0.1) is 16.3 Å². The highest BCUT2D eigenvalue weighted by molar-refractivity contribution is 7.98. The summed E-state index contributed by atoms with van der Waals surface area (Å²) in [5.41, 5.74) is 0.979. The molecule has 1 aliphatic rings. The van der Waals surface area contributed by atoms with Crippen LogP contribution in [0.1, 0.15) is 10.4 Å². The summed E-state index contributed by atoms with van der Waals surface area (Å²) in [7, 11) is 0. The summed E-state index contributed by atoms with van der Waals surface area (Å²) < 4.78 is 0. The van der Waals surface area contributed by atoms with Crippen LogP contribution in [0.4, 0.5) is 5.69 Å². The summed E-state index contributed by atoms with van der Waals surface area (Å²) in [4.78, 5) is 24.9. The minimum atomic E-state index is -0.475. The van der Waals surface area contributed by atoms with Crippen LogP contribution in [0.5, 0.6) is 0 Å². The van der Waals surface area contributed by atoms with Gasteiger partial charge in [0.25, 0.3) is 11.7 Å². The zero-order valence-corrected chi connectivity index (χ0v) is 10.3. The standard InChI is InChI=1S/C11H10ClNO2S/c1-16-6-5-13-9-7(10(14)11(13)15)3-2-4-8(9)12/h2-4H,5-6H2,1H3. The van der Waals surface area contributed by atoms with Crippen molar-refractivity contribution in [2.24, 2.45) is 0 Å². The lowest BCUT2D eigenvalue weighted by molar-refractivity contribution is -0.114. The van der Waals surface area contributed by atoms with Crippen LogP contribution < -0.4 is 4.90 Å². The van der Waals surface area contributed by atoms with Gasteiger partial charge in [0.15, 0.2) is 0 Å². The topological polar surface area (TPSA) is 37.4 Å². The Labute approximate surface area is 103 Å². The molecular formula is C11H10ClNO2S. The summed E-state index contributed by atoms with van der Waals surface area (Å²) in [6.45, 7) is 0.516. The zero-order chi connectivity index (χ0) is 11.7. The number of anilines is 1. The Bertz CT molecular complexity index is 461. The van der Waals surface area contributed by atoms with Gasteiger partial charge in [-0.25, -0.2) is 0 Å². The van der Waals surface area contributed by atoms with E-state index in [1.165, 1.54) is 4.90 Å². The predicted molar refractivity (Wildman–Crippen MR) is 66.5 cm³/mol. The molecule has 1 amide bonds. The molecule has 0 aliphatic carbocycles. The van der Waals surface area contributed by atoms with E-state index in [0.29, 0.717) is 22.8 Å². The Kier molecular flexibility index (Phi) is 3.21. The largest absolute Gasteiger partial charge is 0.302 e. The lowest BCUT2D eigenvalue weighted by atomic mass is 10.1. The molecule has 0 unspecified atom stereocenters. The van der Waals surface area contributed by atoms with Gasteiger partial charge in [-0.3, -0.25) is 9.59 Å². The second kappa shape index (κ2) is 4.47. The number of para-hydroxylation sites is 1. The lowest BCUT2D eigenvalue weighted by Gasteiger charge is -2.16. The number of ketones is 1. The number of amides is 1. The Morgan fingerprint density at radius 3 is 2.81 bits per heavy atom. The highest BCUT2D eigenvalue weighted by atomic mass is 35.5. The Hall–Kier alpha value is -1.00. The molecule has 1 aliphatic heterocycles. The molecule has 0 atom stereocenters. The van der Waals surface area contributed by atoms with Gasteiger partial charge in [0.1, 0.15) is 0 Å². The maximum atomic E-state index is 11.7. The quantitative estimate of drug-likeness (QED) is 0.778. The van der Waals surface area contributed by atoms with E-state index >= 15 is 0 Å². The van der Waals surface area contributed by atoms with Gasteiger partial charge in [0, 0.05) is 12.3 Å². The second-order valence-corrected chi connectivity index (χ2v) is 4.81. The minimum absolute atomic E-state index is 0.415. The van der Waals surface area contributed by atoms with Crippen molar-refractivity contribution in [1.29, 1.82) is 0 Å². The first-order chi connectivity index (χ1) is 7.66. The van der Waals surface area contributed by atoms with E-state index in [-0.39, 0.29) is 0 Å². The van der Waals surface area contributed by atoms with Crippen LogP contribution >= 0.6 is 23.4 Å². The molecule has 1 aromatic carbocycles. The second-order valence-electron chi connectivity index (χ2n) is 3.41. The normalized spacial score (nSPS) is 14.5. The number of carbonyl (C=O) groups excluding carboxylic acids is 2. The Morgan fingerprint density at radius 1 is 1.38 bits per heavy atom. The first-order valence-corrected chi connectivity index (χ1v) is 6.57. The van der Waals surface area contributed by atoms with Crippen molar-refractivity contribution >= 4 is 40.7 Å². The van der Waals surface area contributed by atoms with Crippen LogP contribution in [0.3, 0.4) is 0 Å². The van der Waals surface area contributed by atoms with Crippen molar-refractivity contribution in [2.75, 3.05) is 23.5 Å². The predicted octanol–water partition coefficient (Wildman–Crippen LogP) is 2.23. The van der Waals surface area contributed by atoms with E-state index in [0.717, 1.165) is 5.75 Å². The van der Waals surface area contributed by atoms with E-state index in [9.17, 15) is 9.59 Å². The maximum Gasteiger partial charge on any atom is 0.299 e. The van der Waals surface area contributed by atoms with Gasteiger partial charge >= 0.3 is 0 Å². The van der Waals surface area contributed by atoms with Gasteiger partial charge in [-0.15, -0.1) is 0 Å². The molecule has 0 bridgehead atoms. The first-order valence-electron chi connectivity index (χ1n) is 4.80. The Balaban J connectivity index is 2.43. The van der Waals surface area contributed by atoms with Crippen LogP contribution in [-0.4, -0.2) is 30.2 Å². The summed E-state index contributed by atoms with van der Waals surface area (Å²) in [6, 6.07) is 5.02. The molecule has 0 N–H and O–H groups in total. The highest BCUT2D eigenvalue weighted by Gasteiger charge is 2.36. The fraction of sp³-hybridized carbons (Fsp3) is 0.273. The fourth-order valence-corrected chi connectivity index (χ4v) is 2.35. The number of nitrogens with zero attached hydrogens (tertiary/aromatic N) is 1. The highest BCUT2D eigenvalue weighted by Crippen LogP contribution is 2.35. The van der Waals surface area contributed by atoms with Gasteiger partial charge < -0.3 is 4.90 Å². The van der Waals surface area contributed by atoms with Crippen LogP contribution in [0.15, 0.2) is 18.2 Å². The summed E-state index contributed by atoms with van der Waals surface area (Å²) in [5, 5.41) is 0.456. The number of carbonyl (C=O) groups is 2. The smallest absolute Gasteiger partial charge is 0.299 e. The first kappa shape index (κ1) is 11.5. The average molecular weight is 256 g/mol. The molecule has 0 saturated carbocycles. The molecule has 2 rings (SSSR count). The van der Waals surface area contributed by atoms with Gasteiger partial charge in [-0.1, -0.05) is 17.7 Å². The Morgan fingerprint density at radius 2 is 2.12 bits per heavy atom. The van der Waals surface area contributed by atoms with E-state index in [2.05, 4.69) is 0 Å². The van der Waals surface area contributed by atoms with Gasteiger partial charge in [0.2, 0.25) is 0 Å². The minimum Gasteiger partial charge on any atom is -0.302 e. The maximum absolute atomic E-state index is 11.7. The zero-order valence-electron chi connectivity index (χ0n) is 8.70. The third kappa shape index (κ3) is 1.72. The molecule has 1 heterocycles. The van der Waals surface area contributed by atoms with Crippen molar-refractivity contribution in [1.82, 2.24) is 0 Å².